The van der Waals surface area contributed by atoms with Crippen molar-refractivity contribution < 1.29 is 13.2 Å². The highest BCUT2D eigenvalue weighted by molar-refractivity contribution is 7.90. The summed E-state index contributed by atoms with van der Waals surface area (Å²) in [5.74, 6) is -0.261. The van der Waals surface area contributed by atoms with Crippen LogP contribution in [-0.4, -0.2) is 25.6 Å². The van der Waals surface area contributed by atoms with Crippen LogP contribution in [0.4, 0.5) is 5.69 Å². The van der Waals surface area contributed by atoms with Gasteiger partial charge in [-0.25, -0.2) is 8.42 Å². The molecule has 1 heterocycles. The summed E-state index contributed by atoms with van der Waals surface area (Å²) in [5, 5.41) is 0.571. The third-order valence-corrected chi connectivity index (χ3v) is 5.34. The highest BCUT2D eigenvalue weighted by Crippen LogP contribution is 2.22. The molecule has 0 radical (unpaired) electrons. The second-order valence-corrected chi connectivity index (χ2v) is 8.44. The number of carbonyl (C=O) groups is 1. The van der Waals surface area contributed by atoms with Crippen LogP contribution in [0.2, 0.25) is 5.02 Å². The summed E-state index contributed by atoms with van der Waals surface area (Å²) in [5.41, 5.74) is 1.78. The fourth-order valence-corrected chi connectivity index (χ4v) is 3.31. The lowest BCUT2D eigenvalue weighted by Gasteiger charge is -2.23. The molecule has 0 N–H and O–H groups in total. The summed E-state index contributed by atoms with van der Waals surface area (Å²) in [6, 6.07) is 18.3. The van der Waals surface area contributed by atoms with Crippen molar-refractivity contribution in [3.05, 3.63) is 89.2 Å². The molecule has 0 spiro atoms. The number of rotatable bonds is 5. The van der Waals surface area contributed by atoms with Crippen LogP contribution in [0.25, 0.3) is 0 Å². The Hall–Kier alpha value is -2.70. The SMILES string of the molecule is CS(=O)(=O)c1ccc(C(=O)N(Cc2ccccn2)c2ccc(Cl)cc2)cc1. The van der Waals surface area contributed by atoms with Crippen LogP contribution >= 0.6 is 11.6 Å². The largest absolute Gasteiger partial charge is 0.302 e. The van der Waals surface area contributed by atoms with Gasteiger partial charge in [0, 0.05) is 28.7 Å². The maximum Gasteiger partial charge on any atom is 0.258 e. The van der Waals surface area contributed by atoms with Gasteiger partial charge in [0.15, 0.2) is 9.84 Å². The van der Waals surface area contributed by atoms with Crippen molar-refractivity contribution in [2.45, 2.75) is 11.4 Å². The zero-order valence-corrected chi connectivity index (χ0v) is 16.1. The Morgan fingerprint density at radius 2 is 1.67 bits per heavy atom. The molecule has 0 fully saturated rings. The maximum atomic E-state index is 13.1. The van der Waals surface area contributed by atoms with Crippen LogP contribution in [0.5, 0.6) is 0 Å². The highest BCUT2D eigenvalue weighted by atomic mass is 35.5. The Balaban J connectivity index is 1.96. The molecule has 1 amide bonds. The van der Waals surface area contributed by atoms with Gasteiger partial charge in [0.2, 0.25) is 0 Å². The number of hydrogen-bond donors (Lipinski definition) is 0. The van der Waals surface area contributed by atoms with Gasteiger partial charge in [0.25, 0.3) is 5.91 Å². The van der Waals surface area contributed by atoms with Gasteiger partial charge in [-0.15, -0.1) is 0 Å². The molecule has 138 valence electrons. The van der Waals surface area contributed by atoms with Crippen LogP contribution in [0.1, 0.15) is 16.1 Å². The first kappa shape index (κ1) is 19.1. The van der Waals surface area contributed by atoms with Crippen molar-refractivity contribution in [2.75, 3.05) is 11.2 Å². The summed E-state index contributed by atoms with van der Waals surface area (Å²) in [4.78, 5) is 19.1. The molecular formula is C20H17ClN2O3S. The highest BCUT2D eigenvalue weighted by Gasteiger charge is 2.19. The van der Waals surface area contributed by atoms with Crippen molar-refractivity contribution in [3.8, 4) is 0 Å². The molecule has 0 unspecified atom stereocenters. The number of pyridine rings is 1. The van der Waals surface area contributed by atoms with E-state index in [0.717, 1.165) is 11.9 Å². The molecule has 0 aliphatic heterocycles. The second-order valence-electron chi connectivity index (χ2n) is 5.99. The number of benzene rings is 2. The fourth-order valence-electron chi connectivity index (χ4n) is 2.56. The van der Waals surface area contributed by atoms with Crippen molar-refractivity contribution in [3.63, 3.8) is 0 Å². The van der Waals surface area contributed by atoms with E-state index in [9.17, 15) is 13.2 Å². The molecule has 0 atom stereocenters. The number of nitrogens with zero attached hydrogens (tertiary/aromatic N) is 2. The number of hydrogen-bond acceptors (Lipinski definition) is 4. The smallest absolute Gasteiger partial charge is 0.258 e. The Morgan fingerprint density at radius 1 is 1.00 bits per heavy atom. The van der Waals surface area contributed by atoms with Gasteiger partial charge in [-0.3, -0.25) is 9.78 Å². The predicted molar refractivity (Wildman–Crippen MR) is 106 cm³/mol. The first-order valence-corrected chi connectivity index (χ1v) is 10.4. The quantitative estimate of drug-likeness (QED) is 0.649. The minimum absolute atomic E-state index is 0.168. The summed E-state index contributed by atoms with van der Waals surface area (Å²) < 4.78 is 23.3. The predicted octanol–water partition coefficient (Wildman–Crippen LogP) is 3.99. The lowest BCUT2D eigenvalue weighted by molar-refractivity contribution is 0.0984. The van der Waals surface area contributed by atoms with Gasteiger partial charge in [-0.05, 0) is 60.7 Å². The van der Waals surface area contributed by atoms with E-state index in [1.807, 2.05) is 18.2 Å². The lowest BCUT2D eigenvalue weighted by atomic mass is 10.1. The van der Waals surface area contributed by atoms with Crippen LogP contribution < -0.4 is 4.90 Å². The lowest BCUT2D eigenvalue weighted by Crippen LogP contribution is -2.30. The molecule has 0 bridgehead atoms. The molecule has 3 rings (SSSR count). The molecule has 0 aliphatic carbocycles. The van der Waals surface area contributed by atoms with E-state index in [2.05, 4.69) is 4.98 Å². The number of anilines is 1. The Kier molecular flexibility index (Phi) is 5.58. The molecule has 0 aliphatic rings. The van der Waals surface area contributed by atoms with Crippen LogP contribution in [0.3, 0.4) is 0 Å². The van der Waals surface area contributed by atoms with Crippen molar-refractivity contribution in [1.29, 1.82) is 0 Å². The van der Waals surface area contributed by atoms with Gasteiger partial charge in [0.05, 0.1) is 17.1 Å². The number of amides is 1. The molecular weight excluding hydrogens is 384 g/mol. The number of halogens is 1. The molecule has 0 saturated heterocycles. The molecule has 27 heavy (non-hydrogen) atoms. The molecule has 5 nitrogen and oxygen atoms in total. The molecule has 2 aromatic carbocycles. The van der Waals surface area contributed by atoms with Crippen molar-refractivity contribution >= 4 is 33.0 Å². The summed E-state index contributed by atoms with van der Waals surface area (Å²) in [6.07, 6.45) is 2.80. The van der Waals surface area contributed by atoms with E-state index < -0.39 is 9.84 Å². The topological polar surface area (TPSA) is 67.3 Å². The Labute approximate surface area is 163 Å². The van der Waals surface area contributed by atoms with Crippen LogP contribution in [0, 0.1) is 0 Å². The Bertz CT molecular complexity index is 1030. The van der Waals surface area contributed by atoms with E-state index in [1.54, 1.807) is 35.4 Å². The van der Waals surface area contributed by atoms with Gasteiger partial charge in [0.1, 0.15) is 0 Å². The van der Waals surface area contributed by atoms with Gasteiger partial charge in [-0.1, -0.05) is 17.7 Å². The van der Waals surface area contributed by atoms with Crippen LogP contribution in [-0.2, 0) is 16.4 Å². The molecule has 0 saturated carbocycles. The van der Waals surface area contributed by atoms with Crippen molar-refractivity contribution in [2.24, 2.45) is 0 Å². The number of aromatic nitrogens is 1. The average molecular weight is 401 g/mol. The molecule has 7 heteroatoms. The first-order chi connectivity index (χ1) is 12.8. The zero-order valence-electron chi connectivity index (χ0n) is 14.5. The van der Waals surface area contributed by atoms with Crippen molar-refractivity contribution in [1.82, 2.24) is 4.98 Å². The van der Waals surface area contributed by atoms with Crippen LogP contribution in [0.15, 0.2) is 77.8 Å². The monoisotopic (exact) mass is 400 g/mol. The van der Waals surface area contributed by atoms with E-state index in [0.29, 0.717) is 16.3 Å². The van der Waals surface area contributed by atoms with E-state index >= 15 is 0 Å². The standard InChI is InChI=1S/C20H17ClN2O3S/c1-27(25,26)19-11-5-15(6-12-19)20(24)23(14-17-4-2-3-13-22-17)18-9-7-16(21)8-10-18/h2-13H,14H2,1H3. The zero-order chi connectivity index (χ0) is 19.4. The maximum absolute atomic E-state index is 13.1. The summed E-state index contributed by atoms with van der Waals surface area (Å²) in [6.45, 7) is 0.273. The number of sulfone groups is 1. The fraction of sp³-hybridized carbons (Fsp3) is 0.100. The van der Waals surface area contributed by atoms with E-state index in [1.165, 1.54) is 24.3 Å². The normalized spacial score (nSPS) is 11.2. The Morgan fingerprint density at radius 3 is 2.22 bits per heavy atom. The summed E-state index contributed by atoms with van der Waals surface area (Å²) >= 11 is 5.96. The van der Waals surface area contributed by atoms with Gasteiger partial charge < -0.3 is 4.90 Å². The minimum atomic E-state index is -3.32. The summed E-state index contributed by atoms with van der Waals surface area (Å²) in [7, 11) is -3.32. The first-order valence-electron chi connectivity index (χ1n) is 8.12. The minimum Gasteiger partial charge on any atom is -0.302 e. The van der Waals surface area contributed by atoms with E-state index in [-0.39, 0.29) is 17.3 Å². The van der Waals surface area contributed by atoms with Gasteiger partial charge in [-0.2, -0.15) is 0 Å². The molecule has 3 aromatic rings. The average Bonchev–Trinajstić information content (AvgIpc) is 2.67. The third kappa shape index (κ3) is 4.72. The third-order valence-electron chi connectivity index (χ3n) is 3.96. The molecule has 1 aromatic heterocycles. The van der Waals surface area contributed by atoms with E-state index in [4.69, 9.17) is 11.6 Å². The number of carbonyl (C=O) groups excluding carboxylic acids is 1. The second kappa shape index (κ2) is 7.90. The van der Waals surface area contributed by atoms with Gasteiger partial charge >= 0.3 is 0 Å².